The molecule has 2 aliphatic carbocycles. The van der Waals surface area contributed by atoms with Crippen molar-refractivity contribution in [2.45, 2.75) is 38.5 Å². The van der Waals surface area contributed by atoms with Gasteiger partial charge >= 0.3 is 0 Å². The first-order valence-corrected chi connectivity index (χ1v) is 10.6. The quantitative estimate of drug-likeness (QED) is 0.685. The number of methoxy groups -OCH3 is 1. The zero-order chi connectivity index (χ0) is 18.4. The van der Waals surface area contributed by atoms with Crippen molar-refractivity contribution in [3.63, 3.8) is 0 Å². The third kappa shape index (κ3) is 3.27. The van der Waals surface area contributed by atoms with Crippen LogP contribution in [0.5, 0.6) is 11.5 Å². The molecule has 0 amide bonds. The Labute approximate surface area is 165 Å². The van der Waals surface area contributed by atoms with Crippen LogP contribution < -0.4 is 9.47 Å². The molecule has 2 bridgehead atoms. The normalized spacial score (nSPS) is 23.9. The Morgan fingerprint density at radius 2 is 1.96 bits per heavy atom. The number of fused-ring (bicyclic) bond motifs is 4. The van der Waals surface area contributed by atoms with Gasteiger partial charge in [-0.3, -0.25) is 4.98 Å². The molecule has 0 unspecified atom stereocenters. The Hall–Kier alpha value is -1.52. The van der Waals surface area contributed by atoms with Gasteiger partial charge in [-0.1, -0.05) is 11.6 Å². The second-order valence-electron chi connectivity index (χ2n) is 8.39. The maximum Gasteiger partial charge on any atom is 0.163 e. The maximum absolute atomic E-state index is 6.65. The van der Waals surface area contributed by atoms with Crippen LogP contribution >= 0.6 is 11.6 Å². The van der Waals surface area contributed by atoms with Gasteiger partial charge < -0.3 is 14.4 Å². The Bertz CT molecular complexity index is 853. The Balaban J connectivity index is 1.28. The highest BCUT2D eigenvalue weighted by Gasteiger charge is 2.36. The van der Waals surface area contributed by atoms with Crippen molar-refractivity contribution in [2.75, 3.05) is 33.4 Å². The van der Waals surface area contributed by atoms with Crippen molar-refractivity contribution < 1.29 is 9.47 Å². The zero-order valence-electron chi connectivity index (χ0n) is 16.0. The molecule has 27 heavy (non-hydrogen) atoms. The predicted molar refractivity (Wildman–Crippen MR) is 108 cm³/mol. The fourth-order valence-corrected chi connectivity index (χ4v) is 5.47. The summed E-state index contributed by atoms with van der Waals surface area (Å²) in [5.41, 5.74) is 3.26. The van der Waals surface area contributed by atoms with E-state index < -0.39 is 0 Å². The van der Waals surface area contributed by atoms with E-state index in [1.807, 2.05) is 12.1 Å². The van der Waals surface area contributed by atoms with E-state index in [1.54, 1.807) is 7.11 Å². The van der Waals surface area contributed by atoms with E-state index in [0.29, 0.717) is 6.61 Å². The molecule has 0 atom stereocenters. The van der Waals surface area contributed by atoms with Crippen molar-refractivity contribution in [3.05, 3.63) is 28.4 Å². The minimum Gasteiger partial charge on any atom is -0.493 e. The van der Waals surface area contributed by atoms with Gasteiger partial charge in [0, 0.05) is 36.8 Å². The molecule has 0 spiro atoms. The van der Waals surface area contributed by atoms with Crippen LogP contribution in [0.4, 0.5) is 0 Å². The summed E-state index contributed by atoms with van der Waals surface area (Å²) in [6.45, 7) is 4.39. The summed E-state index contributed by atoms with van der Waals surface area (Å²) in [6.07, 6.45) is 7.14. The molecule has 0 radical (unpaired) electrons. The molecule has 1 aromatic carbocycles. The van der Waals surface area contributed by atoms with Crippen LogP contribution in [0.1, 0.15) is 36.9 Å². The number of halogens is 1. The van der Waals surface area contributed by atoms with Gasteiger partial charge in [0.2, 0.25) is 0 Å². The van der Waals surface area contributed by atoms with Crippen LogP contribution in [0, 0.1) is 11.8 Å². The first-order valence-electron chi connectivity index (χ1n) is 10.3. The summed E-state index contributed by atoms with van der Waals surface area (Å²) in [4.78, 5) is 7.44. The van der Waals surface area contributed by atoms with Crippen LogP contribution in [0.25, 0.3) is 10.9 Å². The van der Waals surface area contributed by atoms with Gasteiger partial charge in [-0.25, -0.2) is 0 Å². The topological polar surface area (TPSA) is 34.6 Å². The van der Waals surface area contributed by atoms with Crippen molar-refractivity contribution in [2.24, 2.45) is 11.8 Å². The van der Waals surface area contributed by atoms with Crippen LogP contribution in [-0.4, -0.2) is 43.2 Å². The van der Waals surface area contributed by atoms with E-state index in [1.165, 1.54) is 31.5 Å². The standard InChI is InChI=1S/C22H27ClN2O2/c1-26-20-10-17-19(24-18-5-2-4-16(18)22(17)23)11-21(20)27-7-3-6-25-12-14-8-15(9-14)13-25/h10-11,14-15H,2-9,12-13H2,1H3. The number of hydrogen-bond donors (Lipinski definition) is 0. The van der Waals surface area contributed by atoms with Gasteiger partial charge in [-0.15, -0.1) is 0 Å². The fourth-order valence-electron chi connectivity index (χ4n) is 5.11. The molecule has 2 aromatic rings. The molecule has 1 aromatic heterocycles. The lowest BCUT2D eigenvalue weighted by atomic mass is 9.71. The number of nitrogens with zero attached hydrogens (tertiary/aromatic N) is 2. The van der Waals surface area contributed by atoms with Gasteiger partial charge in [0.15, 0.2) is 11.5 Å². The molecule has 1 saturated carbocycles. The minimum absolute atomic E-state index is 0.701. The third-order valence-electron chi connectivity index (χ3n) is 6.47. The largest absolute Gasteiger partial charge is 0.493 e. The SMILES string of the molecule is COc1cc2c(Cl)c3c(nc2cc1OCCCN1CC2CC(C2)C1)CCC3. The van der Waals surface area contributed by atoms with E-state index >= 15 is 0 Å². The summed E-state index contributed by atoms with van der Waals surface area (Å²) >= 11 is 6.65. The van der Waals surface area contributed by atoms with E-state index in [4.69, 9.17) is 26.1 Å². The smallest absolute Gasteiger partial charge is 0.163 e. The minimum atomic E-state index is 0.701. The summed E-state index contributed by atoms with van der Waals surface area (Å²) in [6, 6.07) is 3.98. The maximum atomic E-state index is 6.65. The number of hydrogen-bond acceptors (Lipinski definition) is 4. The molecular formula is C22H27ClN2O2. The first kappa shape index (κ1) is 17.6. The monoisotopic (exact) mass is 386 g/mol. The summed E-state index contributed by atoms with van der Waals surface area (Å²) in [5, 5.41) is 1.80. The fraction of sp³-hybridized carbons (Fsp3) is 0.591. The van der Waals surface area contributed by atoms with Crippen LogP contribution in [0.2, 0.25) is 5.02 Å². The summed E-state index contributed by atoms with van der Waals surface area (Å²) in [5.74, 6) is 3.43. The number of aromatic nitrogens is 1. The van der Waals surface area contributed by atoms with Gasteiger partial charge in [0.25, 0.3) is 0 Å². The predicted octanol–water partition coefficient (Wildman–Crippen LogP) is 4.50. The van der Waals surface area contributed by atoms with Crippen LogP contribution in [0.3, 0.4) is 0 Å². The van der Waals surface area contributed by atoms with Crippen LogP contribution in [-0.2, 0) is 12.8 Å². The summed E-state index contributed by atoms with van der Waals surface area (Å²) < 4.78 is 11.7. The van der Waals surface area contributed by atoms with Gasteiger partial charge in [0.05, 0.1) is 24.3 Å². The second-order valence-corrected chi connectivity index (χ2v) is 8.77. The first-order chi connectivity index (χ1) is 13.2. The molecule has 4 aliphatic rings. The van der Waals surface area contributed by atoms with Gasteiger partial charge in [-0.05, 0) is 62.0 Å². The molecule has 3 fully saturated rings. The second kappa shape index (κ2) is 7.14. The number of ether oxygens (including phenoxy) is 2. The number of aryl methyl sites for hydroxylation is 1. The molecule has 2 aliphatic heterocycles. The highest BCUT2D eigenvalue weighted by atomic mass is 35.5. The lowest BCUT2D eigenvalue weighted by Crippen LogP contribution is -2.48. The van der Waals surface area contributed by atoms with Crippen molar-refractivity contribution in [3.8, 4) is 11.5 Å². The molecule has 3 heterocycles. The third-order valence-corrected chi connectivity index (χ3v) is 6.90. The van der Waals surface area contributed by atoms with Crippen LogP contribution in [0.15, 0.2) is 12.1 Å². The molecule has 0 N–H and O–H groups in total. The Morgan fingerprint density at radius 3 is 2.74 bits per heavy atom. The molecule has 144 valence electrons. The summed E-state index contributed by atoms with van der Waals surface area (Å²) in [7, 11) is 1.68. The Kier molecular flexibility index (Phi) is 4.65. The molecule has 4 nitrogen and oxygen atoms in total. The average molecular weight is 387 g/mol. The number of piperidine rings is 2. The highest BCUT2D eigenvalue weighted by Crippen LogP contribution is 2.40. The molecule has 5 heteroatoms. The number of pyridine rings is 1. The average Bonchev–Trinajstić information content (AvgIpc) is 3.13. The van der Waals surface area contributed by atoms with Gasteiger partial charge in [-0.2, -0.15) is 0 Å². The van der Waals surface area contributed by atoms with Crippen molar-refractivity contribution in [1.82, 2.24) is 9.88 Å². The molecule has 6 rings (SSSR count). The highest BCUT2D eigenvalue weighted by molar-refractivity contribution is 6.36. The van der Waals surface area contributed by atoms with Crippen molar-refractivity contribution >= 4 is 22.5 Å². The zero-order valence-corrected chi connectivity index (χ0v) is 16.7. The number of rotatable bonds is 6. The van der Waals surface area contributed by atoms with E-state index in [9.17, 15) is 0 Å². The number of benzene rings is 1. The van der Waals surface area contributed by atoms with E-state index in [0.717, 1.165) is 77.2 Å². The van der Waals surface area contributed by atoms with Gasteiger partial charge in [0.1, 0.15) is 0 Å². The molecule has 2 saturated heterocycles. The van der Waals surface area contributed by atoms with E-state index in [-0.39, 0.29) is 0 Å². The lowest BCUT2D eigenvalue weighted by molar-refractivity contribution is 0.0251. The molecular weight excluding hydrogens is 360 g/mol. The lowest BCUT2D eigenvalue weighted by Gasteiger charge is -2.47. The van der Waals surface area contributed by atoms with Crippen molar-refractivity contribution in [1.29, 1.82) is 0 Å². The van der Waals surface area contributed by atoms with E-state index in [2.05, 4.69) is 4.90 Å². The Morgan fingerprint density at radius 1 is 1.15 bits per heavy atom.